The van der Waals surface area contributed by atoms with Crippen LogP contribution in [0.1, 0.15) is 5.56 Å². The molecule has 0 radical (unpaired) electrons. The van der Waals surface area contributed by atoms with Gasteiger partial charge in [-0.1, -0.05) is 12.1 Å². The van der Waals surface area contributed by atoms with Crippen LogP contribution in [-0.4, -0.2) is 26.0 Å². The average molecular weight is 314 g/mol. The highest BCUT2D eigenvalue weighted by Crippen LogP contribution is 2.34. The van der Waals surface area contributed by atoms with E-state index in [9.17, 15) is 4.79 Å². The molecule has 1 aliphatic heterocycles. The first kappa shape index (κ1) is 15.0. The third kappa shape index (κ3) is 4.06. The highest BCUT2D eigenvalue weighted by molar-refractivity contribution is 5.89. The van der Waals surface area contributed by atoms with E-state index in [0.29, 0.717) is 30.4 Å². The van der Waals surface area contributed by atoms with Crippen molar-refractivity contribution in [3.63, 3.8) is 0 Å². The molecule has 120 valence electrons. The Labute approximate surface area is 134 Å². The van der Waals surface area contributed by atoms with Crippen molar-refractivity contribution in [3.05, 3.63) is 48.0 Å². The second-order valence-electron chi connectivity index (χ2n) is 5.11. The molecule has 2 aromatic rings. The summed E-state index contributed by atoms with van der Waals surface area (Å²) >= 11 is 0. The normalized spacial score (nSPS) is 11.9. The standard InChI is InChI=1S/C17H18N2O4/c1-12-3-2-4-13(9-12)19-17(20)18-7-8-21-14-5-6-15-16(10-14)23-11-22-15/h2-6,9-10H,7-8,11H2,1H3,(H2,18,19,20). The van der Waals surface area contributed by atoms with Gasteiger partial charge in [0.25, 0.3) is 0 Å². The number of benzene rings is 2. The van der Waals surface area contributed by atoms with E-state index < -0.39 is 0 Å². The Morgan fingerprint density at radius 2 is 2.04 bits per heavy atom. The van der Waals surface area contributed by atoms with E-state index in [1.165, 1.54) is 0 Å². The molecule has 0 bridgehead atoms. The predicted octanol–water partition coefficient (Wildman–Crippen LogP) is 2.92. The maximum absolute atomic E-state index is 11.8. The summed E-state index contributed by atoms with van der Waals surface area (Å²) in [7, 11) is 0. The van der Waals surface area contributed by atoms with Crippen LogP contribution in [0.4, 0.5) is 10.5 Å². The molecule has 2 amide bonds. The average Bonchev–Trinajstić information content (AvgIpc) is 2.99. The third-order valence-electron chi connectivity index (χ3n) is 3.28. The number of rotatable bonds is 5. The molecule has 23 heavy (non-hydrogen) atoms. The highest BCUT2D eigenvalue weighted by Gasteiger charge is 2.13. The smallest absolute Gasteiger partial charge is 0.319 e. The second kappa shape index (κ2) is 6.91. The van der Waals surface area contributed by atoms with Crippen LogP contribution in [0.2, 0.25) is 0 Å². The summed E-state index contributed by atoms with van der Waals surface area (Å²) in [5.74, 6) is 2.07. The first-order valence-electron chi connectivity index (χ1n) is 7.35. The monoisotopic (exact) mass is 314 g/mol. The lowest BCUT2D eigenvalue weighted by Gasteiger charge is -2.10. The third-order valence-corrected chi connectivity index (χ3v) is 3.28. The van der Waals surface area contributed by atoms with Gasteiger partial charge in [-0.15, -0.1) is 0 Å². The highest BCUT2D eigenvalue weighted by atomic mass is 16.7. The Morgan fingerprint density at radius 1 is 1.17 bits per heavy atom. The van der Waals surface area contributed by atoms with E-state index in [2.05, 4.69) is 10.6 Å². The number of hydrogen-bond acceptors (Lipinski definition) is 4. The molecule has 1 aliphatic rings. The van der Waals surface area contributed by atoms with Gasteiger partial charge in [0.05, 0.1) is 6.54 Å². The van der Waals surface area contributed by atoms with Gasteiger partial charge < -0.3 is 24.8 Å². The lowest BCUT2D eigenvalue weighted by molar-refractivity contribution is 0.173. The van der Waals surface area contributed by atoms with Crippen LogP contribution in [-0.2, 0) is 0 Å². The van der Waals surface area contributed by atoms with E-state index in [4.69, 9.17) is 14.2 Å². The predicted molar refractivity (Wildman–Crippen MR) is 86.3 cm³/mol. The van der Waals surface area contributed by atoms with E-state index >= 15 is 0 Å². The Bertz CT molecular complexity index is 703. The van der Waals surface area contributed by atoms with Gasteiger partial charge in [0.1, 0.15) is 12.4 Å². The van der Waals surface area contributed by atoms with Crippen molar-refractivity contribution in [3.8, 4) is 17.2 Å². The van der Waals surface area contributed by atoms with Crippen LogP contribution in [0.15, 0.2) is 42.5 Å². The molecule has 2 N–H and O–H groups in total. The number of amides is 2. The number of carbonyl (C=O) groups excluding carboxylic acids is 1. The molecule has 6 nitrogen and oxygen atoms in total. The van der Waals surface area contributed by atoms with Crippen LogP contribution in [0.5, 0.6) is 17.2 Å². The topological polar surface area (TPSA) is 68.8 Å². The summed E-state index contributed by atoms with van der Waals surface area (Å²) in [6.07, 6.45) is 0. The van der Waals surface area contributed by atoms with E-state index in [1.54, 1.807) is 18.2 Å². The fourth-order valence-electron chi connectivity index (χ4n) is 2.20. The molecule has 0 spiro atoms. The zero-order valence-electron chi connectivity index (χ0n) is 12.8. The van der Waals surface area contributed by atoms with Crippen molar-refractivity contribution in [2.45, 2.75) is 6.92 Å². The fraction of sp³-hybridized carbons (Fsp3) is 0.235. The molecular weight excluding hydrogens is 296 g/mol. The number of carbonyl (C=O) groups is 1. The molecule has 0 unspecified atom stereocenters. The van der Waals surface area contributed by atoms with Gasteiger partial charge in [-0.3, -0.25) is 0 Å². The molecule has 0 saturated carbocycles. The maximum atomic E-state index is 11.8. The van der Waals surface area contributed by atoms with E-state index in [0.717, 1.165) is 11.3 Å². The fourth-order valence-corrected chi connectivity index (χ4v) is 2.20. The number of hydrogen-bond donors (Lipinski definition) is 2. The molecule has 0 atom stereocenters. The van der Waals surface area contributed by atoms with Crippen molar-refractivity contribution in [2.75, 3.05) is 25.3 Å². The van der Waals surface area contributed by atoms with Crippen LogP contribution in [0.25, 0.3) is 0 Å². The van der Waals surface area contributed by atoms with Crippen molar-refractivity contribution in [1.29, 1.82) is 0 Å². The minimum Gasteiger partial charge on any atom is -0.492 e. The Morgan fingerprint density at radius 3 is 2.91 bits per heavy atom. The Hall–Kier alpha value is -2.89. The van der Waals surface area contributed by atoms with E-state index in [-0.39, 0.29) is 12.8 Å². The summed E-state index contributed by atoms with van der Waals surface area (Å²) < 4.78 is 16.1. The summed E-state index contributed by atoms with van der Waals surface area (Å²) in [5.41, 5.74) is 1.85. The van der Waals surface area contributed by atoms with Crippen molar-refractivity contribution < 1.29 is 19.0 Å². The minimum absolute atomic E-state index is 0.236. The zero-order valence-corrected chi connectivity index (χ0v) is 12.8. The van der Waals surface area contributed by atoms with Crippen LogP contribution >= 0.6 is 0 Å². The summed E-state index contributed by atoms with van der Waals surface area (Å²) in [5, 5.41) is 5.52. The number of aryl methyl sites for hydroxylation is 1. The molecule has 3 rings (SSSR count). The summed E-state index contributed by atoms with van der Waals surface area (Å²) in [6, 6.07) is 12.7. The van der Waals surface area contributed by atoms with Crippen LogP contribution < -0.4 is 24.8 Å². The molecule has 0 fully saturated rings. The Balaban J connectivity index is 1.40. The molecule has 1 heterocycles. The minimum atomic E-state index is -0.259. The maximum Gasteiger partial charge on any atom is 0.319 e. The quantitative estimate of drug-likeness (QED) is 0.833. The van der Waals surface area contributed by atoms with Gasteiger partial charge in [-0.05, 0) is 36.8 Å². The SMILES string of the molecule is Cc1cccc(NC(=O)NCCOc2ccc3c(c2)OCO3)c1. The van der Waals surface area contributed by atoms with Crippen LogP contribution in [0.3, 0.4) is 0 Å². The van der Waals surface area contributed by atoms with Gasteiger partial charge in [0.2, 0.25) is 6.79 Å². The first-order valence-corrected chi connectivity index (χ1v) is 7.35. The molecule has 0 aliphatic carbocycles. The molecule has 0 aromatic heterocycles. The van der Waals surface area contributed by atoms with Crippen molar-refractivity contribution in [2.24, 2.45) is 0 Å². The summed E-state index contributed by atoms with van der Waals surface area (Å²) in [4.78, 5) is 11.8. The lowest BCUT2D eigenvalue weighted by Crippen LogP contribution is -2.32. The lowest BCUT2D eigenvalue weighted by atomic mass is 10.2. The number of nitrogens with one attached hydrogen (secondary N) is 2. The molecule has 6 heteroatoms. The van der Waals surface area contributed by atoms with Gasteiger partial charge in [0, 0.05) is 11.8 Å². The van der Waals surface area contributed by atoms with Gasteiger partial charge in [-0.25, -0.2) is 4.79 Å². The van der Waals surface area contributed by atoms with E-state index in [1.807, 2.05) is 31.2 Å². The Kier molecular flexibility index (Phi) is 4.52. The zero-order chi connectivity index (χ0) is 16.1. The molecular formula is C17H18N2O4. The first-order chi connectivity index (χ1) is 11.2. The number of anilines is 1. The van der Waals surface area contributed by atoms with Gasteiger partial charge >= 0.3 is 6.03 Å². The van der Waals surface area contributed by atoms with Crippen molar-refractivity contribution in [1.82, 2.24) is 5.32 Å². The van der Waals surface area contributed by atoms with Gasteiger partial charge in [-0.2, -0.15) is 0 Å². The summed E-state index contributed by atoms with van der Waals surface area (Å²) in [6.45, 7) is 2.97. The molecule has 2 aromatic carbocycles. The van der Waals surface area contributed by atoms with Crippen molar-refractivity contribution >= 4 is 11.7 Å². The van der Waals surface area contributed by atoms with Crippen LogP contribution in [0, 0.1) is 6.92 Å². The number of fused-ring (bicyclic) bond motifs is 1. The molecule has 0 saturated heterocycles. The number of ether oxygens (including phenoxy) is 3. The van der Waals surface area contributed by atoms with Gasteiger partial charge in [0.15, 0.2) is 11.5 Å². The number of urea groups is 1. The largest absolute Gasteiger partial charge is 0.492 e. The second-order valence-corrected chi connectivity index (χ2v) is 5.11.